The fourth-order valence-electron chi connectivity index (χ4n) is 1.12. The molecule has 0 heterocycles. The number of rotatable bonds is 0. The van der Waals surface area contributed by atoms with Crippen LogP contribution in [0, 0.1) is 0 Å². The fourth-order valence-corrected chi connectivity index (χ4v) is 2.60. The molecule has 0 aromatic carbocycles. The van der Waals surface area contributed by atoms with Gasteiger partial charge in [-0.15, -0.1) is 11.6 Å². The lowest BCUT2D eigenvalue weighted by atomic mass is 9.98. The van der Waals surface area contributed by atoms with E-state index in [4.69, 9.17) is 11.6 Å². The molecule has 0 radical (unpaired) electrons. The van der Waals surface area contributed by atoms with E-state index in [1.165, 1.54) is 0 Å². The Hall–Kier alpha value is 0.700. The lowest BCUT2D eigenvalue weighted by Gasteiger charge is -2.23. The quantitative estimate of drug-likeness (QED) is 0.545. The molecule has 1 aliphatic rings. The molecule has 3 atom stereocenters. The summed E-state index contributed by atoms with van der Waals surface area (Å²) in [6.07, 6.45) is 1.38. The molecular formula is C6H9BrClF. The Labute approximate surface area is 67.9 Å². The predicted octanol–water partition coefficient (Wildman–Crippen LogP) is 2.88. The summed E-state index contributed by atoms with van der Waals surface area (Å²) in [4.78, 5) is 0.295. The molecule has 0 bridgehead atoms. The molecule has 0 saturated heterocycles. The van der Waals surface area contributed by atoms with Crippen LogP contribution in [0.25, 0.3) is 0 Å². The zero-order valence-corrected chi connectivity index (χ0v) is 7.33. The van der Waals surface area contributed by atoms with Crippen LogP contribution in [0.3, 0.4) is 0 Å². The first-order chi connectivity index (χ1) is 4.18. The summed E-state index contributed by atoms with van der Waals surface area (Å²) in [5, 5.41) is 0.0399. The molecule has 1 saturated carbocycles. The highest BCUT2D eigenvalue weighted by atomic mass is 79.9. The van der Waals surface area contributed by atoms with Gasteiger partial charge in [0.15, 0.2) is 0 Å². The van der Waals surface area contributed by atoms with Gasteiger partial charge in [-0.3, -0.25) is 0 Å². The molecule has 0 N–H and O–H groups in total. The van der Waals surface area contributed by atoms with Gasteiger partial charge in [-0.2, -0.15) is 0 Å². The van der Waals surface area contributed by atoms with Gasteiger partial charge in [0.2, 0.25) is 0 Å². The summed E-state index contributed by atoms with van der Waals surface area (Å²) in [6.45, 7) is 0. The SMILES string of the molecule is FC1CC(Cl)CC(Br)C1. The average molecular weight is 215 g/mol. The molecule has 0 aromatic heterocycles. The minimum Gasteiger partial charge on any atom is -0.247 e. The zero-order chi connectivity index (χ0) is 6.85. The predicted molar refractivity (Wildman–Crippen MR) is 41.1 cm³/mol. The molecule has 9 heavy (non-hydrogen) atoms. The van der Waals surface area contributed by atoms with Crippen molar-refractivity contribution in [2.24, 2.45) is 0 Å². The first-order valence-electron chi connectivity index (χ1n) is 3.10. The van der Waals surface area contributed by atoms with Gasteiger partial charge in [0.25, 0.3) is 0 Å². The van der Waals surface area contributed by atoms with Crippen LogP contribution >= 0.6 is 27.5 Å². The molecule has 0 amide bonds. The monoisotopic (exact) mass is 214 g/mol. The average Bonchev–Trinajstić information content (AvgIpc) is 1.59. The van der Waals surface area contributed by atoms with Crippen molar-refractivity contribution < 1.29 is 4.39 Å². The number of hydrogen-bond acceptors (Lipinski definition) is 0. The molecule has 3 heteroatoms. The fraction of sp³-hybridized carbons (Fsp3) is 1.00. The summed E-state index contributed by atoms with van der Waals surface area (Å²) in [6, 6.07) is 0. The van der Waals surface area contributed by atoms with Crippen molar-refractivity contribution in [3.8, 4) is 0 Å². The minimum atomic E-state index is -0.689. The largest absolute Gasteiger partial charge is 0.247 e. The van der Waals surface area contributed by atoms with Crippen LogP contribution in [0.4, 0.5) is 4.39 Å². The normalized spacial score (nSPS) is 45.0. The first-order valence-corrected chi connectivity index (χ1v) is 4.46. The molecular weight excluding hydrogens is 206 g/mol. The third-order valence-corrected chi connectivity index (χ3v) is 2.64. The highest BCUT2D eigenvalue weighted by molar-refractivity contribution is 9.09. The summed E-state index contributed by atoms with van der Waals surface area (Å²) in [5.41, 5.74) is 0. The Morgan fingerprint density at radius 1 is 1.33 bits per heavy atom. The Morgan fingerprint density at radius 3 is 2.44 bits per heavy atom. The topological polar surface area (TPSA) is 0 Å². The van der Waals surface area contributed by atoms with E-state index in [9.17, 15) is 4.39 Å². The van der Waals surface area contributed by atoms with E-state index in [0.29, 0.717) is 17.7 Å². The smallest absolute Gasteiger partial charge is 0.103 e. The van der Waals surface area contributed by atoms with E-state index in [1.807, 2.05) is 0 Å². The van der Waals surface area contributed by atoms with Gasteiger partial charge < -0.3 is 0 Å². The van der Waals surface area contributed by atoms with Crippen molar-refractivity contribution in [3.63, 3.8) is 0 Å². The van der Waals surface area contributed by atoms with Crippen molar-refractivity contribution in [1.29, 1.82) is 0 Å². The Bertz CT molecular complexity index is 74.0. The van der Waals surface area contributed by atoms with Crippen LogP contribution in [0.5, 0.6) is 0 Å². The van der Waals surface area contributed by atoms with E-state index >= 15 is 0 Å². The van der Waals surface area contributed by atoms with Crippen LogP contribution in [0.2, 0.25) is 0 Å². The molecule has 54 valence electrons. The highest BCUT2D eigenvalue weighted by Crippen LogP contribution is 2.29. The standard InChI is InChI=1S/C6H9BrClF/c7-4-1-5(8)3-6(9)2-4/h4-6H,1-3H2. The van der Waals surface area contributed by atoms with Gasteiger partial charge in [-0.05, 0) is 19.3 Å². The van der Waals surface area contributed by atoms with Crippen LogP contribution < -0.4 is 0 Å². The van der Waals surface area contributed by atoms with E-state index in [1.54, 1.807) is 0 Å². The lowest BCUT2D eigenvalue weighted by Crippen LogP contribution is -2.23. The second-order valence-corrected chi connectivity index (χ2v) is 4.41. The van der Waals surface area contributed by atoms with Crippen LogP contribution in [-0.4, -0.2) is 16.4 Å². The zero-order valence-electron chi connectivity index (χ0n) is 4.99. The van der Waals surface area contributed by atoms with Crippen LogP contribution in [-0.2, 0) is 0 Å². The molecule has 3 unspecified atom stereocenters. The highest BCUT2D eigenvalue weighted by Gasteiger charge is 2.25. The van der Waals surface area contributed by atoms with Gasteiger partial charge in [-0.1, -0.05) is 15.9 Å². The molecule has 0 aliphatic heterocycles. The summed E-state index contributed by atoms with van der Waals surface area (Å²) < 4.78 is 12.6. The summed E-state index contributed by atoms with van der Waals surface area (Å²) in [5.74, 6) is 0. The van der Waals surface area contributed by atoms with Gasteiger partial charge in [0, 0.05) is 10.2 Å². The Morgan fingerprint density at radius 2 is 2.00 bits per heavy atom. The van der Waals surface area contributed by atoms with Crippen LogP contribution in [0.15, 0.2) is 0 Å². The number of halogens is 3. The van der Waals surface area contributed by atoms with Crippen molar-refractivity contribution in [2.45, 2.75) is 35.6 Å². The van der Waals surface area contributed by atoms with Gasteiger partial charge >= 0.3 is 0 Å². The molecule has 0 aromatic rings. The number of alkyl halides is 3. The Kier molecular flexibility index (Phi) is 2.77. The molecule has 0 spiro atoms. The third kappa shape index (κ3) is 2.42. The van der Waals surface area contributed by atoms with Gasteiger partial charge in [0.1, 0.15) is 6.17 Å². The number of hydrogen-bond donors (Lipinski definition) is 0. The second kappa shape index (κ2) is 3.20. The van der Waals surface area contributed by atoms with E-state index in [0.717, 1.165) is 6.42 Å². The maximum Gasteiger partial charge on any atom is 0.103 e. The Balaban J connectivity index is 2.34. The summed E-state index contributed by atoms with van der Waals surface area (Å²) in [7, 11) is 0. The van der Waals surface area contributed by atoms with Crippen molar-refractivity contribution >= 4 is 27.5 Å². The molecule has 1 aliphatic carbocycles. The second-order valence-electron chi connectivity index (χ2n) is 2.50. The molecule has 1 rings (SSSR count). The maximum atomic E-state index is 12.6. The summed E-state index contributed by atoms with van der Waals surface area (Å²) >= 11 is 9.08. The van der Waals surface area contributed by atoms with Crippen molar-refractivity contribution in [1.82, 2.24) is 0 Å². The third-order valence-electron chi connectivity index (χ3n) is 1.53. The van der Waals surface area contributed by atoms with E-state index in [-0.39, 0.29) is 5.38 Å². The van der Waals surface area contributed by atoms with E-state index in [2.05, 4.69) is 15.9 Å². The minimum absolute atomic E-state index is 0.0399. The molecule has 1 fully saturated rings. The van der Waals surface area contributed by atoms with Gasteiger partial charge in [0.05, 0.1) is 0 Å². The molecule has 0 nitrogen and oxygen atoms in total. The van der Waals surface area contributed by atoms with Crippen LogP contribution in [0.1, 0.15) is 19.3 Å². The van der Waals surface area contributed by atoms with Crippen molar-refractivity contribution in [3.05, 3.63) is 0 Å². The first kappa shape index (κ1) is 7.80. The van der Waals surface area contributed by atoms with Gasteiger partial charge in [-0.25, -0.2) is 4.39 Å². The van der Waals surface area contributed by atoms with Crippen molar-refractivity contribution in [2.75, 3.05) is 0 Å². The van der Waals surface area contributed by atoms with E-state index < -0.39 is 6.17 Å². The maximum absolute atomic E-state index is 12.6. The lowest BCUT2D eigenvalue weighted by molar-refractivity contribution is 0.260.